The summed E-state index contributed by atoms with van der Waals surface area (Å²) in [5.41, 5.74) is 8.37. The van der Waals surface area contributed by atoms with Crippen molar-refractivity contribution in [2.24, 2.45) is 11.7 Å². The van der Waals surface area contributed by atoms with Crippen molar-refractivity contribution in [1.29, 1.82) is 0 Å². The van der Waals surface area contributed by atoms with Crippen LogP contribution < -0.4 is 10.5 Å². The number of ether oxygens (including phenoxy) is 2. The summed E-state index contributed by atoms with van der Waals surface area (Å²) >= 11 is 6.29. The Morgan fingerprint density at radius 2 is 1.77 bits per heavy atom. The smallest absolute Gasteiger partial charge is 0.404 e. The molecule has 2 N–H and O–H groups in total. The van der Waals surface area contributed by atoms with Gasteiger partial charge in [0.1, 0.15) is 18.1 Å². The summed E-state index contributed by atoms with van der Waals surface area (Å²) < 4.78 is 10.1. The molecule has 2 aromatic rings. The first-order valence-corrected chi connectivity index (χ1v) is 11.1. The molecule has 0 radical (unpaired) electrons. The number of aromatic nitrogens is 1. The number of Topliss-reactive ketones (excluding diaryl/α,β-unsaturated/α-hetero) is 1. The molecule has 1 amide bonds. The number of nitrogens with zero attached hydrogens (tertiary/aromatic N) is 1. The highest BCUT2D eigenvalue weighted by atomic mass is 35.5. The number of nitrogens with two attached hydrogens (primary N) is 1. The quantitative estimate of drug-likeness (QED) is 0.581. The third-order valence-electron chi connectivity index (χ3n) is 6.34. The Labute approximate surface area is 187 Å². The van der Waals surface area contributed by atoms with Gasteiger partial charge in [0.25, 0.3) is 0 Å². The SMILES string of the molecule is COc1ccc(C2CCC(C(=O)c3nc(COC(N)=O)ccc3C3CC3)CC2)cc1Cl. The van der Waals surface area contributed by atoms with Crippen LogP contribution in [0, 0.1) is 5.92 Å². The number of hydrogen-bond acceptors (Lipinski definition) is 5. The molecule has 6 nitrogen and oxygen atoms in total. The van der Waals surface area contributed by atoms with Crippen molar-refractivity contribution in [3.63, 3.8) is 0 Å². The van der Waals surface area contributed by atoms with Gasteiger partial charge in [-0.3, -0.25) is 4.79 Å². The van der Waals surface area contributed by atoms with Crippen molar-refractivity contribution in [3.8, 4) is 5.75 Å². The fourth-order valence-electron chi connectivity index (χ4n) is 4.48. The third-order valence-corrected chi connectivity index (χ3v) is 6.64. The molecular weight excluding hydrogens is 416 g/mol. The van der Waals surface area contributed by atoms with Crippen molar-refractivity contribution in [3.05, 3.63) is 57.9 Å². The fraction of sp³-hybridized carbons (Fsp3) is 0.458. The summed E-state index contributed by atoms with van der Waals surface area (Å²) in [5.74, 6) is 1.54. The number of amides is 1. The molecule has 1 heterocycles. The van der Waals surface area contributed by atoms with E-state index < -0.39 is 6.09 Å². The maximum Gasteiger partial charge on any atom is 0.404 e. The summed E-state index contributed by atoms with van der Waals surface area (Å²) in [5, 5.41) is 0.617. The maximum absolute atomic E-state index is 13.4. The monoisotopic (exact) mass is 442 g/mol. The number of benzene rings is 1. The molecule has 2 aliphatic carbocycles. The number of hydrogen-bond donors (Lipinski definition) is 1. The van der Waals surface area contributed by atoms with Crippen LogP contribution in [0.5, 0.6) is 5.75 Å². The number of pyridine rings is 1. The molecule has 164 valence electrons. The van der Waals surface area contributed by atoms with E-state index in [4.69, 9.17) is 26.8 Å². The number of primary amides is 1. The van der Waals surface area contributed by atoms with E-state index in [1.807, 2.05) is 24.3 Å². The number of rotatable bonds is 7. The summed E-state index contributed by atoms with van der Waals surface area (Å²) in [6.07, 6.45) is 4.83. The van der Waals surface area contributed by atoms with Gasteiger partial charge in [0.05, 0.1) is 17.8 Å². The van der Waals surface area contributed by atoms with Crippen LogP contribution in [0.3, 0.4) is 0 Å². The van der Waals surface area contributed by atoms with Crippen molar-refractivity contribution >= 4 is 23.5 Å². The first-order valence-electron chi connectivity index (χ1n) is 10.8. The first kappa shape index (κ1) is 21.6. The molecule has 0 bridgehead atoms. The van der Waals surface area contributed by atoms with Crippen LogP contribution in [-0.4, -0.2) is 24.0 Å². The van der Waals surface area contributed by atoms with Crippen LogP contribution in [0.1, 0.15) is 77.7 Å². The summed E-state index contributed by atoms with van der Waals surface area (Å²) in [6, 6.07) is 9.72. The number of methoxy groups -OCH3 is 1. The average Bonchev–Trinajstić information content (AvgIpc) is 3.62. The Kier molecular flexibility index (Phi) is 6.46. The molecule has 0 spiro atoms. The lowest BCUT2D eigenvalue weighted by Gasteiger charge is -2.28. The number of carbonyl (C=O) groups is 2. The van der Waals surface area contributed by atoms with Gasteiger partial charge in [0.15, 0.2) is 5.78 Å². The molecular formula is C24H27ClN2O4. The van der Waals surface area contributed by atoms with Crippen LogP contribution in [-0.2, 0) is 11.3 Å². The lowest BCUT2D eigenvalue weighted by molar-refractivity contribution is 0.0876. The van der Waals surface area contributed by atoms with E-state index in [1.54, 1.807) is 7.11 Å². The minimum atomic E-state index is -0.849. The predicted molar refractivity (Wildman–Crippen MR) is 118 cm³/mol. The van der Waals surface area contributed by atoms with E-state index in [1.165, 1.54) is 5.56 Å². The largest absolute Gasteiger partial charge is 0.495 e. The average molecular weight is 443 g/mol. The highest BCUT2D eigenvalue weighted by Gasteiger charge is 2.34. The minimum Gasteiger partial charge on any atom is -0.495 e. The summed E-state index contributed by atoms with van der Waals surface area (Å²) in [6.45, 7) is -0.0223. The highest BCUT2D eigenvalue weighted by Crippen LogP contribution is 2.43. The van der Waals surface area contributed by atoms with E-state index in [2.05, 4.69) is 11.1 Å². The second-order valence-electron chi connectivity index (χ2n) is 8.43. The Balaban J connectivity index is 1.46. The molecule has 7 heteroatoms. The molecule has 2 fully saturated rings. The fourth-order valence-corrected chi connectivity index (χ4v) is 4.74. The molecule has 2 aliphatic rings. The second-order valence-corrected chi connectivity index (χ2v) is 8.84. The normalized spacial score (nSPS) is 20.8. The van der Waals surface area contributed by atoms with E-state index in [9.17, 15) is 9.59 Å². The van der Waals surface area contributed by atoms with Crippen molar-refractivity contribution in [1.82, 2.24) is 4.98 Å². The Morgan fingerprint density at radius 3 is 2.39 bits per heavy atom. The van der Waals surface area contributed by atoms with Gasteiger partial charge in [0.2, 0.25) is 0 Å². The number of halogens is 1. The van der Waals surface area contributed by atoms with Gasteiger partial charge in [-0.1, -0.05) is 23.7 Å². The lowest BCUT2D eigenvalue weighted by atomic mass is 9.76. The molecule has 0 unspecified atom stereocenters. The molecule has 1 aromatic carbocycles. The standard InChI is InChI=1S/C24H27ClN2O4/c1-30-21-11-8-17(12-20(21)25)14-2-6-16(7-3-14)23(28)22-19(15-4-5-15)10-9-18(27-22)13-31-24(26)29/h8-12,14-16H,2-7,13H2,1H3,(H2,26,29). The van der Waals surface area contributed by atoms with Gasteiger partial charge in [-0.15, -0.1) is 0 Å². The zero-order chi connectivity index (χ0) is 22.0. The maximum atomic E-state index is 13.4. The second kappa shape index (κ2) is 9.27. The van der Waals surface area contributed by atoms with Gasteiger partial charge in [0, 0.05) is 5.92 Å². The Morgan fingerprint density at radius 1 is 1.06 bits per heavy atom. The van der Waals surface area contributed by atoms with Crippen LogP contribution in [0.25, 0.3) is 0 Å². The zero-order valence-corrected chi connectivity index (χ0v) is 18.4. The van der Waals surface area contributed by atoms with Gasteiger partial charge in [-0.25, -0.2) is 9.78 Å². The van der Waals surface area contributed by atoms with Crippen molar-refractivity contribution in [2.45, 2.75) is 57.0 Å². The predicted octanol–water partition coefficient (Wildman–Crippen LogP) is 5.37. The molecule has 31 heavy (non-hydrogen) atoms. The summed E-state index contributed by atoms with van der Waals surface area (Å²) in [4.78, 5) is 28.9. The van der Waals surface area contributed by atoms with Crippen LogP contribution in [0.2, 0.25) is 5.02 Å². The molecule has 4 rings (SSSR count). The third kappa shape index (κ3) is 5.01. The van der Waals surface area contributed by atoms with Gasteiger partial charge in [-0.05, 0) is 79.7 Å². The topological polar surface area (TPSA) is 91.5 Å². The van der Waals surface area contributed by atoms with Gasteiger partial charge >= 0.3 is 6.09 Å². The van der Waals surface area contributed by atoms with Crippen LogP contribution in [0.4, 0.5) is 4.79 Å². The van der Waals surface area contributed by atoms with Gasteiger partial charge < -0.3 is 15.2 Å². The molecule has 0 aliphatic heterocycles. The Bertz CT molecular complexity index is 982. The lowest BCUT2D eigenvalue weighted by Crippen LogP contribution is -2.24. The highest BCUT2D eigenvalue weighted by molar-refractivity contribution is 6.32. The van der Waals surface area contributed by atoms with Crippen molar-refractivity contribution in [2.75, 3.05) is 7.11 Å². The molecule has 0 saturated heterocycles. The van der Waals surface area contributed by atoms with E-state index in [-0.39, 0.29) is 18.3 Å². The minimum absolute atomic E-state index is 0.0223. The van der Waals surface area contributed by atoms with E-state index in [0.29, 0.717) is 34.0 Å². The number of ketones is 1. The van der Waals surface area contributed by atoms with Crippen LogP contribution >= 0.6 is 11.6 Å². The molecule has 1 aromatic heterocycles. The zero-order valence-electron chi connectivity index (χ0n) is 17.6. The first-order chi connectivity index (χ1) is 15.0. The summed E-state index contributed by atoms with van der Waals surface area (Å²) in [7, 11) is 1.61. The van der Waals surface area contributed by atoms with E-state index >= 15 is 0 Å². The van der Waals surface area contributed by atoms with E-state index in [0.717, 1.165) is 44.1 Å². The van der Waals surface area contributed by atoms with Gasteiger partial charge in [-0.2, -0.15) is 0 Å². The Hall–Kier alpha value is -2.60. The van der Waals surface area contributed by atoms with Crippen molar-refractivity contribution < 1.29 is 19.1 Å². The molecule has 2 saturated carbocycles. The van der Waals surface area contributed by atoms with Crippen LogP contribution in [0.15, 0.2) is 30.3 Å². The number of carbonyl (C=O) groups excluding carboxylic acids is 2. The molecule has 0 atom stereocenters.